The van der Waals surface area contributed by atoms with Crippen LogP contribution in [0.2, 0.25) is 0 Å². The van der Waals surface area contributed by atoms with Crippen LogP contribution in [0.3, 0.4) is 0 Å². The van der Waals surface area contributed by atoms with Gasteiger partial charge in [-0.3, -0.25) is 4.79 Å². The molecule has 0 aliphatic heterocycles. The molecule has 2 nitrogen and oxygen atoms in total. The summed E-state index contributed by atoms with van der Waals surface area (Å²) in [6, 6.07) is 17.4. The Labute approximate surface area is 226 Å². The van der Waals surface area contributed by atoms with Crippen molar-refractivity contribution in [3.05, 3.63) is 107 Å². The Morgan fingerprint density at radius 3 is 2.30 bits per heavy atom. The zero-order chi connectivity index (χ0) is 27.2. The zero-order valence-corrected chi connectivity index (χ0v) is 23.7. The van der Waals surface area contributed by atoms with Crippen molar-refractivity contribution in [3.63, 3.8) is 0 Å². The number of carbonyl (C=O) groups excluding carboxylic acids is 1. The Morgan fingerprint density at radius 2 is 1.73 bits per heavy atom. The second-order valence-electron chi connectivity index (χ2n) is 8.78. The van der Waals surface area contributed by atoms with Gasteiger partial charge in [-0.1, -0.05) is 88.2 Å². The van der Waals surface area contributed by atoms with Gasteiger partial charge in [0.2, 0.25) is 0 Å². The summed E-state index contributed by atoms with van der Waals surface area (Å²) in [5.74, 6) is -0.137. The number of benzene rings is 2. The molecule has 4 heteroatoms. The summed E-state index contributed by atoms with van der Waals surface area (Å²) in [5.41, 5.74) is 5.51. The summed E-state index contributed by atoms with van der Waals surface area (Å²) in [7, 11) is 0. The Kier molecular flexibility index (Phi) is 12.9. The third-order valence-electron chi connectivity index (χ3n) is 6.00. The van der Waals surface area contributed by atoms with Crippen molar-refractivity contribution in [2.45, 2.75) is 64.7 Å². The van der Waals surface area contributed by atoms with Crippen molar-refractivity contribution in [1.82, 2.24) is 4.98 Å². The zero-order valence-electron chi connectivity index (χ0n) is 22.9. The topological polar surface area (TPSA) is 32.9 Å². The minimum Gasteiger partial charge on any atom is -0.361 e. The molecule has 0 unspecified atom stereocenters. The molecule has 0 amide bonds. The Hall–Kier alpha value is -3.11. The van der Waals surface area contributed by atoms with Crippen molar-refractivity contribution in [1.29, 1.82) is 0 Å². The van der Waals surface area contributed by atoms with Crippen LogP contribution in [0.25, 0.3) is 17.2 Å². The molecule has 0 atom stereocenters. The van der Waals surface area contributed by atoms with Gasteiger partial charge in [-0.2, -0.15) is 0 Å². The summed E-state index contributed by atoms with van der Waals surface area (Å²) in [5, 5.41) is 1.94. The van der Waals surface area contributed by atoms with Crippen molar-refractivity contribution < 1.29 is 9.18 Å². The number of nitrogens with one attached hydrogen (secondary N) is 1. The van der Waals surface area contributed by atoms with Crippen molar-refractivity contribution in [2.24, 2.45) is 0 Å². The van der Waals surface area contributed by atoms with Gasteiger partial charge >= 0.3 is 0 Å². The number of halogens is 1. The highest BCUT2D eigenvalue weighted by atomic mass is 32.2. The van der Waals surface area contributed by atoms with Crippen LogP contribution < -0.4 is 10.6 Å². The third-order valence-corrected chi connectivity index (χ3v) is 6.80. The number of aromatic nitrogens is 1. The number of carbonyl (C=O) groups is 1. The van der Waals surface area contributed by atoms with Crippen molar-refractivity contribution in [2.75, 3.05) is 6.26 Å². The predicted molar refractivity (Wildman–Crippen MR) is 160 cm³/mol. The van der Waals surface area contributed by atoms with Gasteiger partial charge in [0, 0.05) is 16.7 Å². The van der Waals surface area contributed by atoms with E-state index in [2.05, 4.69) is 68.9 Å². The standard InChI is InChI=1S/C21H25FS.C12H15NO/c1-4-9-16(10-5-2)21(17-11-8-12-18(22)15-17)19-13-6-7-14-20(19)23-3;1-4-6-10-7-8-13-12(10)11(5-2)9(3)14/h6-8,11-15H,4-5,9-10H2,1-3H3;5-8,13H,2,4H2,1,3H3/b;10-6-,12-11-. The van der Waals surface area contributed by atoms with E-state index < -0.39 is 0 Å². The normalized spacial score (nSPS) is 11.9. The summed E-state index contributed by atoms with van der Waals surface area (Å²) < 4.78 is 13.8. The first-order chi connectivity index (χ1) is 17.9. The van der Waals surface area contributed by atoms with Crippen LogP contribution in [-0.2, 0) is 4.79 Å². The number of thioether (sulfide) groups is 1. The van der Waals surface area contributed by atoms with Gasteiger partial charge in [0.15, 0.2) is 5.78 Å². The molecule has 3 aromatic rings. The SMILES string of the molecule is C=C/C(C(C)=O)=c1/[nH]cc/c1=C/CC.CCCC(CCC)=C(c1cccc(F)c1)c1ccccc1SC. The van der Waals surface area contributed by atoms with Crippen LogP contribution in [0.5, 0.6) is 0 Å². The fourth-order valence-electron chi connectivity index (χ4n) is 4.45. The molecule has 0 saturated heterocycles. The van der Waals surface area contributed by atoms with Crippen LogP contribution in [0, 0.1) is 5.82 Å². The summed E-state index contributed by atoms with van der Waals surface area (Å²) in [4.78, 5) is 15.6. The molecule has 1 N–H and O–H groups in total. The molecule has 0 aliphatic carbocycles. The van der Waals surface area contributed by atoms with E-state index in [4.69, 9.17) is 0 Å². The lowest BCUT2D eigenvalue weighted by molar-refractivity contribution is -0.111. The molecule has 1 aromatic heterocycles. The van der Waals surface area contributed by atoms with Crippen molar-refractivity contribution >= 4 is 34.8 Å². The van der Waals surface area contributed by atoms with E-state index >= 15 is 0 Å². The molecule has 0 spiro atoms. The van der Waals surface area contributed by atoms with Gasteiger partial charge in [-0.15, -0.1) is 11.8 Å². The lowest BCUT2D eigenvalue weighted by Gasteiger charge is -2.18. The minimum absolute atomic E-state index is 0.0354. The number of aromatic amines is 1. The van der Waals surface area contributed by atoms with Gasteiger partial charge in [-0.05, 0) is 78.6 Å². The molecule has 0 aliphatic rings. The van der Waals surface area contributed by atoms with Gasteiger partial charge in [0.1, 0.15) is 5.82 Å². The van der Waals surface area contributed by atoms with Crippen LogP contribution >= 0.6 is 11.8 Å². The number of allylic oxidation sites excluding steroid dienone is 2. The van der Waals surface area contributed by atoms with Crippen LogP contribution in [-0.4, -0.2) is 17.0 Å². The quantitative estimate of drug-likeness (QED) is 0.276. The molecule has 0 radical (unpaired) electrons. The number of ketones is 1. The Morgan fingerprint density at radius 1 is 1.03 bits per heavy atom. The highest BCUT2D eigenvalue weighted by Crippen LogP contribution is 2.36. The van der Waals surface area contributed by atoms with Crippen molar-refractivity contribution in [3.8, 4) is 0 Å². The van der Waals surface area contributed by atoms with Gasteiger partial charge < -0.3 is 4.98 Å². The average molecular weight is 518 g/mol. The van der Waals surface area contributed by atoms with E-state index in [-0.39, 0.29) is 11.6 Å². The highest BCUT2D eigenvalue weighted by molar-refractivity contribution is 7.98. The summed E-state index contributed by atoms with van der Waals surface area (Å²) in [6.45, 7) is 11.7. The largest absolute Gasteiger partial charge is 0.361 e. The number of hydrogen-bond acceptors (Lipinski definition) is 2. The number of Topliss-reactive ketones (excluding diaryl/α,β-unsaturated/α-hetero) is 1. The van der Waals surface area contributed by atoms with Gasteiger partial charge in [0.25, 0.3) is 0 Å². The number of H-pyrrole nitrogens is 1. The van der Waals surface area contributed by atoms with Gasteiger partial charge in [0.05, 0.1) is 5.35 Å². The van der Waals surface area contributed by atoms with E-state index in [9.17, 15) is 9.18 Å². The van der Waals surface area contributed by atoms with Gasteiger partial charge in [-0.25, -0.2) is 4.39 Å². The maximum atomic E-state index is 13.8. The lowest BCUT2D eigenvalue weighted by atomic mass is 9.89. The smallest absolute Gasteiger partial charge is 0.161 e. The van der Waals surface area contributed by atoms with E-state index in [1.807, 2.05) is 24.4 Å². The van der Waals surface area contributed by atoms with Crippen LogP contribution in [0.15, 0.2) is 83.9 Å². The van der Waals surface area contributed by atoms with Crippen LogP contribution in [0.1, 0.15) is 70.9 Å². The van der Waals surface area contributed by atoms with E-state index in [0.29, 0.717) is 5.57 Å². The maximum Gasteiger partial charge on any atom is 0.161 e. The molecule has 0 fully saturated rings. The number of hydrogen-bond donors (Lipinski definition) is 1. The number of rotatable bonds is 10. The summed E-state index contributed by atoms with van der Waals surface area (Å²) in [6.07, 6.45) is 12.9. The molecule has 37 heavy (non-hydrogen) atoms. The molecule has 3 rings (SSSR count). The van der Waals surface area contributed by atoms with E-state index in [0.717, 1.165) is 48.2 Å². The monoisotopic (exact) mass is 517 g/mol. The van der Waals surface area contributed by atoms with E-state index in [1.165, 1.54) is 27.7 Å². The fraction of sp³-hybridized carbons (Fsp3) is 0.303. The molecular formula is C33H40FNOS. The molecule has 0 saturated carbocycles. The molecule has 1 heterocycles. The fourth-order valence-corrected chi connectivity index (χ4v) is 5.05. The molecule has 196 valence electrons. The molecule has 2 aromatic carbocycles. The predicted octanol–water partition coefficient (Wildman–Crippen LogP) is 8.08. The lowest BCUT2D eigenvalue weighted by Crippen LogP contribution is -2.26. The third kappa shape index (κ3) is 8.46. The highest BCUT2D eigenvalue weighted by Gasteiger charge is 2.15. The average Bonchev–Trinajstić information content (AvgIpc) is 3.33. The van der Waals surface area contributed by atoms with E-state index in [1.54, 1.807) is 30.8 Å². The molecule has 0 bridgehead atoms. The first-order valence-electron chi connectivity index (χ1n) is 13.0. The second-order valence-corrected chi connectivity index (χ2v) is 9.63. The minimum atomic E-state index is -0.172. The first kappa shape index (κ1) is 30.1. The Balaban J connectivity index is 0.000000294. The van der Waals surface area contributed by atoms with Crippen LogP contribution in [0.4, 0.5) is 4.39 Å². The summed E-state index contributed by atoms with van der Waals surface area (Å²) >= 11 is 1.75. The first-order valence-corrected chi connectivity index (χ1v) is 14.3. The second kappa shape index (κ2) is 15.9. The Bertz CT molecular complexity index is 1320. The maximum absolute atomic E-state index is 13.8. The molecular weight excluding hydrogens is 477 g/mol.